The van der Waals surface area contributed by atoms with Crippen LogP contribution >= 0.6 is 0 Å². The molecule has 0 saturated carbocycles. The number of methoxy groups -OCH3 is 1. The van der Waals surface area contributed by atoms with Gasteiger partial charge in [0, 0.05) is 31.8 Å². The first kappa shape index (κ1) is 14.9. The van der Waals surface area contributed by atoms with Crippen LogP contribution in [0.25, 0.3) is 0 Å². The first-order chi connectivity index (χ1) is 9.74. The molecule has 1 atom stereocenters. The number of fused-ring (bicyclic) bond motifs is 1. The summed E-state index contributed by atoms with van der Waals surface area (Å²) in [5, 5.41) is 3.32. The van der Waals surface area contributed by atoms with Crippen molar-refractivity contribution >= 4 is 0 Å². The molecule has 1 N–H and O–H groups in total. The van der Waals surface area contributed by atoms with E-state index in [0.29, 0.717) is 13.2 Å². The van der Waals surface area contributed by atoms with E-state index in [1.54, 1.807) is 7.11 Å². The Balaban J connectivity index is 2.09. The van der Waals surface area contributed by atoms with Crippen molar-refractivity contribution in [1.29, 1.82) is 0 Å². The van der Waals surface area contributed by atoms with Crippen molar-refractivity contribution in [1.82, 2.24) is 5.32 Å². The first-order valence-electron chi connectivity index (χ1n) is 7.03. The van der Waals surface area contributed by atoms with E-state index >= 15 is 0 Å². The van der Waals surface area contributed by atoms with E-state index in [9.17, 15) is 0 Å². The van der Waals surface area contributed by atoms with Crippen LogP contribution in [-0.4, -0.2) is 33.2 Å². The molecular weight excluding hydrogens is 258 g/mol. The van der Waals surface area contributed by atoms with Gasteiger partial charge in [-0.15, -0.1) is 0 Å². The standard InChI is InChI=1S/C15H23NO4/c1-4-11(2)20-13-8-15-14(18-10-19-15)7-12(13)9-16-5-6-17-3/h7-8,11,16H,4-6,9-10H2,1-3H3. The van der Waals surface area contributed by atoms with E-state index in [4.69, 9.17) is 18.9 Å². The second-order valence-electron chi connectivity index (χ2n) is 4.82. The van der Waals surface area contributed by atoms with Crippen LogP contribution in [0.2, 0.25) is 0 Å². The van der Waals surface area contributed by atoms with Gasteiger partial charge in [-0.25, -0.2) is 0 Å². The van der Waals surface area contributed by atoms with Crippen molar-refractivity contribution in [3.63, 3.8) is 0 Å². The molecule has 20 heavy (non-hydrogen) atoms. The first-order valence-corrected chi connectivity index (χ1v) is 7.03. The maximum atomic E-state index is 5.97. The number of rotatable bonds is 8. The van der Waals surface area contributed by atoms with Gasteiger partial charge in [-0.3, -0.25) is 0 Å². The van der Waals surface area contributed by atoms with Crippen molar-refractivity contribution in [2.75, 3.05) is 27.1 Å². The highest BCUT2D eigenvalue weighted by molar-refractivity contribution is 5.51. The molecule has 1 aromatic rings. The summed E-state index contributed by atoms with van der Waals surface area (Å²) in [7, 11) is 1.69. The zero-order valence-corrected chi connectivity index (χ0v) is 12.4. The van der Waals surface area contributed by atoms with Gasteiger partial charge in [0.2, 0.25) is 6.79 Å². The summed E-state index contributed by atoms with van der Waals surface area (Å²) in [5.74, 6) is 2.39. The number of benzene rings is 1. The fraction of sp³-hybridized carbons (Fsp3) is 0.600. The van der Waals surface area contributed by atoms with E-state index in [1.807, 2.05) is 12.1 Å². The molecule has 1 aliphatic heterocycles. The maximum absolute atomic E-state index is 5.97. The fourth-order valence-corrected chi connectivity index (χ4v) is 1.91. The summed E-state index contributed by atoms with van der Waals surface area (Å²) < 4.78 is 21.8. The molecule has 0 aliphatic carbocycles. The zero-order chi connectivity index (χ0) is 14.4. The van der Waals surface area contributed by atoms with E-state index in [0.717, 1.165) is 35.8 Å². The van der Waals surface area contributed by atoms with Gasteiger partial charge >= 0.3 is 0 Å². The van der Waals surface area contributed by atoms with Gasteiger partial charge in [-0.2, -0.15) is 0 Å². The Morgan fingerprint density at radius 1 is 1.30 bits per heavy atom. The lowest BCUT2D eigenvalue weighted by Crippen LogP contribution is -2.20. The van der Waals surface area contributed by atoms with E-state index in [1.165, 1.54) is 0 Å². The summed E-state index contributed by atoms with van der Waals surface area (Å²) in [4.78, 5) is 0. The van der Waals surface area contributed by atoms with Crippen molar-refractivity contribution in [2.45, 2.75) is 32.9 Å². The van der Waals surface area contributed by atoms with Gasteiger partial charge in [-0.1, -0.05) is 6.92 Å². The molecule has 0 saturated heterocycles. The quantitative estimate of drug-likeness (QED) is 0.741. The number of hydrogen-bond acceptors (Lipinski definition) is 5. The highest BCUT2D eigenvalue weighted by Gasteiger charge is 2.18. The van der Waals surface area contributed by atoms with Crippen LogP contribution in [-0.2, 0) is 11.3 Å². The topological polar surface area (TPSA) is 49.0 Å². The van der Waals surface area contributed by atoms with Crippen molar-refractivity contribution in [2.24, 2.45) is 0 Å². The highest BCUT2D eigenvalue weighted by atomic mass is 16.7. The van der Waals surface area contributed by atoms with Crippen LogP contribution in [0.4, 0.5) is 0 Å². The number of nitrogens with one attached hydrogen (secondary N) is 1. The Kier molecular flexibility index (Phi) is 5.49. The predicted molar refractivity (Wildman–Crippen MR) is 76.5 cm³/mol. The monoisotopic (exact) mass is 281 g/mol. The van der Waals surface area contributed by atoms with Crippen LogP contribution < -0.4 is 19.5 Å². The second-order valence-corrected chi connectivity index (χ2v) is 4.82. The Morgan fingerprint density at radius 2 is 2.05 bits per heavy atom. The molecule has 5 heteroatoms. The molecular formula is C15H23NO4. The SMILES string of the molecule is CCC(C)Oc1cc2c(cc1CNCCOC)OCO2. The normalized spacial score (nSPS) is 14.3. The Labute approximate surface area is 120 Å². The van der Waals surface area contributed by atoms with Crippen LogP contribution in [0.1, 0.15) is 25.8 Å². The summed E-state index contributed by atoms with van der Waals surface area (Å²) in [6.07, 6.45) is 1.14. The molecule has 5 nitrogen and oxygen atoms in total. The molecule has 1 aliphatic rings. The van der Waals surface area contributed by atoms with Gasteiger partial charge < -0.3 is 24.3 Å². The third-order valence-corrected chi connectivity index (χ3v) is 3.26. The molecule has 2 rings (SSSR count). The maximum Gasteiger partial charge on any atom is 0.231 e. The lowest BCUT2D eigenvalue weighted by molar-refractivity contribution is 0.173. The van der Waals surface area contributed by atoms with Crippen LogP contribution in [0, 0.1) is 0 Å². The summed E-state index contributed by atoms with van der Waals surface area (Å²) in [6, 6.07) is 3.90. The van der Waals surface area contributed by atoms with Crippen molar-refractivity contribution < 1.29 is 18.9 Å². The summed E-state index contributed by atoms with van der Waals surface area (Å²) >= 11 is 0. The Bertz CT molecular complexity index is 436. The number of ether oxygens (including phenoxy) is 4. The molecule has 1 aromatic carbocycles. The third kappa shape index (κ3) is 3.77. The molecule has 1 unspecified atom stereocenters. The second kappa shape index (κ2) is 7.36. The smallest absolute Gasteiger partial charge is 0.231 e. The van der Waals surface area contributed by atoms with Crippen LogP contribution in [0.5, 0.6) is 17.2 Å². The average molecular weight is 281 g/mol. The van der Waals surface area contributed by atoms with Crippen LogP contribution in [0.15, 0.2) is 12.1 Å². The minimum Gasteiger partial charge on any atom is -0.490 e. The molecule has 0 fully saturated rings. The minimum absolute atomic E-state index is 0.174. The van der Waals surface area contributed by atoms with Gasteiger partial charge in [0.25, 0.3) is 0 Å². The Morgan fingerprint density at radius 3 is 2.75 bits per heavy atom. The predicted octanol–water partition coefficient (Wildman–Crippen LogP) is 2.33. The fourth-order valence-electron chi connectivity index (χ4n) is 1.91. The lowest BCUT2D eigenvalue weighted by Gasteiger charge is -2.17. The molecule has 0 amide bonds. The summed E-state index contributed by atoms with van der Waals surface area (Å²) in [6.45, 7) is 6.64. The molecule has 112 valence electrons. The molecule has 0 radical (unpaired) electrons. The molecule has 0 aromatic heterocycles. The lowest BCUT2D eigenvalue weighted by atomic mass is 10.1. The van der Waals surface area contributed by atoms with E-state index < -0.39 is 0 Å². The van der Waals surface area contributed by atoms with Crippen molar-refractivity contribution in [3.8, 4) is 17.2 Å². The molecule has 0 spiro atoms. The van der Waals surface area contributed by atoms with Gasteiger partial charge in [0.15, 0.2) is 11.5 Å². The average Bonchev–Trinajstić information content (AvgIpc) is 2.90. The van der Waals surface area contributed by atoms with Gasteiger partial charge in [0.05, 0.1) is 12.7 Å². The largest absolute Gasteiger partial charge is 0.490 e. The molecule has 0 bridgehead atoms. The highest BCUT2D eigenvalue weighted by Crippen LogP contribution is 2.38. The third-order valence-electron chi connectivity index (χ3n) is 3.26. The van der Waals surface area contributed by atoms with E-state index in [2.05, 4.69) is 19.2 Å². The van der Waals surface area contributed by atoms with Gasteiger partial charge in [-0.05, 0) is 19.4 Å². The van der Waals surface area contributed by atoms with Crippen LogP contribution in [0.3, 0.4) is 0 Å². The molecule has 1 heterocycles. The van der Waals surface area contributed by atoms with E-state index in [-0.39, 0.29) is 12.9 Å². The summed E-state index contributed by atoms with van der Waals surface area (Å²) in [5.41, 5.74) is 1.07. The zero-order valence-electron chi connectivity index (χ0n) is 12.4. The van der Waals surface area contributed by atoms with Crippen molar-refractivity contribution in [3.05, 3.63) is 17.7 Å². The Hall–Kier alpha value is -1.46. The minimum atomic E-state index is 0.174. The van der Waals surface area contributed by atoms with Gasteiger partial charge in [0.1, 0.15) is 5.75 Å². The number of hydrogen-bond donors (Lipinski definition) is 1.